The van der Waals surface area contributed by atoms with Crippen molar-refractivity contribution in [1.82, 2.24) is 5.32 Å². The molecular formula is C16H24N2. The summed E-state index contributed by atoms with van der Waals surface area (Å²) in [6.45, 7) is 5.35. The molecule has 0 spiro atoms. The van der Waals surface area contributed by atoms with Gasteiger partial charge >= 0.3 is 0 Å². The third-order valence-electron chi connectivity index (χ3n) is 4.66. The maximum atomic E-state index is 5.93. The van der Waals surface area contributed by atoms with E-state index in [9.17, 15) is 0 Å². The molecule has 2 atom stereocenters. The van der Waals surface area contributed by atoms with Gasteiger partial charge in [0, 0.05) is 13.1 Å². The third kappa shape index (κ3) is 2.32. The fourth-order valence-electron chi connectivity index (χ4n) is 3.26. The van der Waals surface area contributed by atoms with E-state index in [1.54, 1.807) is 0 Å². The highest BCUT2D eigenvalue weighted by Crippen LogP contribution is 2.42. The molecule has 2 aliphatic rings. The molecule has 2 fully saturated rings. The molecular weight excluding hydrogens is 220 g/mol. The monoisotopic (exact) mass is 244 g/mol. The predicted octanol–water partition coefficient (Wildman–Crippen LogP) is 2.74. The van der Waals surface area contributed by atoms with Gasteiger partial charge in [0.1, 0.15) is 0 Å². The smallest absolute Gasteiger partial charge is 0.0181 e. The fraction of sp³-hybridized carbons (Fsp3) is 0.625. The largest absolute Gasteiger partial charge is 0.326 e. The number of hydrogen-bond acceptors (Lipinski definition) is 2. The van der Waals surface area contributed by atoms with Gasteiger partial charge < -0.3 is 11.1 Å². The van der Waals surface area contributed by atoms with Crippen LogP contribution in [0.1, 0.15) is 54.7 Å². The van der Waals surface area contributed by atoms with Crippen molar-refractivity contribution in [2.75, 3.05) is 13.1 Å². The van der Waals surface area contributed by atoms with Crippen molar-refractivity contribution in [2.45, 2.75) is 44.6 Å². The Kier molecular flexibility index (Phi) is 3.40. The van der Waals surface area contributed by atoms with Gasteiger partial charge in [-0.15, -0.1) is 0 Å². The second-order valence-electron chi connectivity index (χ2n) is 6.01. The van der Waals surface area contributed by atoms with Gasteiger partial charge in [0.15, 0.2) is 0 Å². The first-order chi connectivity index (χ1) is 8.79. The molecule has 18 heavy (non-hydrogen) atoms. The Morgan fingerprint density at radius 1 is 1.28 bits per heavy atom. The van der Waals surface area contributed by atoms with E-state index < -0.39 is 0 Å². The lowest BCUT2D eigenvalue weighted by molar-refractivity contribution is 0.348. The molecule has 1 aliphatic carbocycles. The Hall–Kier alpha value is -0.860. The molecule has 1 saturated carbocycles. The zero-order valence-electron chi connectivity index (χ0n) is 11.3. The van der Waals surface area contributed by atoms with Gasteiger partial charge in [0.2, 0.25) is 0 Å². The fourth-order valence-corrected chi connectivity index (χ4v) is 3.26. The number of piperidine rings is 1. The van der Waals surface area contributed by atoms with Crippen LogP contribution in [0.25, 0.3) is 0 Å². The molecule has 0 amide bonds. The van der Waals surface area contributed by atoms with Crippen molar-refractivity contribution in [3.8, 4) is 0 Å². The van der Waals surface area contributed by atoms with Crippen LogP contribution >= 0.6 is 0 Å². The first-order valence-electron chi connectivity index (χ1n) is 7.33. The molecule has 2 unspecified atom stereocenters. The van der Waals surface area contributed by atoms with E-state index in [1.165, 1.54) is 42.5 Å². The van der Waals surface area contributed by atoms with Gasteiger partial charge in [-0.1, -0.05) is 25.1 Å². The van der Waals surface area contributed by atoms with Crippen molar-refractivity contribution in [2.24, 2.45) is 11.7 Å². The summed E-state index contributed by atoms with van der Waals surface area (Å²) in [5, 5.41) is 3.52. The normalized spacial score (nSPS) is 28.3. The zero-order chi connectivity index (χ0) is 12.5. The highest BCUT2D eigenvalue weighted by Gasteiger charge is 2.27. The Labute approximate surface area is 110 Å². The number of rotatable bonds is 3. The molecule has 3 N–H and O–H groups in total. The number of nitrogens with two attached hydrogens (primary N) is 1. The van der Waals surface area contributed by atoms with Gasteiger partial charge in [-0.2, -0.15) is 0 Å². The second kappa shape index (κ2) is 5.02. The SMILES string of the molecule is CC1CCNCC1c1ccc(C2CC2)c(CN)c1. The highest BCUT2D eigenvalue weighted by atomic mass is 14.9. The first-order valence-corrected chi connectivity index (χ1v) is 7.33. The van der Waals surface area contributed by atoms with E-state index in [2.05, 4.69) is 30.4 Å². The lowest BCUT2D eigenvalue weighted by atomic mass is 9.81. The van der Waals surface area contributed by atoms with Gasteiger partial charge in [-0.25, -0.2) is 0 Å². The molecule has 2 heteroatoms. The van der Waals surface area contributed by atoms with E-state index in [-0.39, 0.29) is 0 Å². The van der Waals surface area contributed by atoms with Crippen molar-refractivity contribution in [1.29, 1.82) is 0 Å². The van der Waals surface area contributed by atoms with E-state index in [0.29, 0.717) is 12.5 Å². The van der Waals surface area contributed by atoms with Crippen molar-refractivity contribution >= 4 is 0 Å². The summed E-state index contributed by atoms with van der Waals surface area (Å²) in [6, 6.07) is 7.07. The zero-order valence-corrected chi connectivity index (χ0v) is 11.3. The maximum absolute atomic E-state index is 5.93. The van der Waals surface area contributed by atoms with E-state index in [1.807, 2.05) is 0 Å². The van der Waals surface area contributed by atoms with Crippen molar-refractivity contribution in [3.63, 3.8) is 0 Å². The van der Waals surface area contributed by atoms with Crippen LogP contribution in [0, 0.1) is 5.92 Å². The van der Waals surface area contributed by atoms with Gasteiger partial charge in [-0.05, 0) is 60.3 Å². The van der Waals surface area contributed by atoms with E-state index in [0.717, 1.165) is 18.4 Å². The number of benzene rings is 1. The molecule has 0 radical (unpaired) electrons. The highest BCUT2D eigenvalue weighted by molar-refractivity contribution is 5.38. The minimum absolute atomic E-state index is 0.664. The summed E-state index contributed by atoms with van der Waals surface area (Å²) in [5.41, 5.74) is 10.3. The lowest BCUT2D eigenvalue weighted by Crippen LogP contribution is -2.33. The molecule has 1 aliphatic heterocycles. The summed E-state index contributed by atoms with van der Waals surface area (Å²) >= 11 is 0. The average molecular weight is 244 g/mol. The Morgan fingerprint density at radius 2 is 2.11 bits per heavy atom. The summed E-state index contributed by atoms with van der Waals surface area (Å²) in [4.78, 5) is 0. The molecule has 98 valence electrons. The number of nitrogens with one attached hydrogen (secondary N) is 1. The van der Waals surface area contributed by atoms with Crippen LogP contribution in [0.4, 0.5) is 0 Å². The predicted molar refractivity (Wildman–Crippen MR) is 75.7 cm³/mol. The van der Waals surface area contributed by atoms with Crippen LogP contribution in [-0.4, -0.2) is 13.1 Å². The molecule has 0 bridgehead atoms. The van der Waals surface area contributed by atoms with Gasteiger partial charge in [0.05, 0.1) is 0 Å². The van der Waals surface area contributed by atoms with Crippen molar-refractivity contribution < 1.29 is 0 Å². The summed E-state index contributed by atoms with van der Waals surface area (Å²) in [6.07, 6.45) is 3.99. The minimum atomic E-state index is 0.664. The van der Waals surface area contributed by atoms with E-state index in [4.69, 9.17) is 5.73 Å². The van der Waals surface area contributed by atoms with Crippen molar-refractivity contribution in [3.05, 3.63) is 34.9 Å². The Bertz CT molecular complexity index is 423. The molecule has 0 aromatic heterocycles. The van der Waals surface area contributed by atoms with Gasteiger partial charge in [-0.3, -0.25) is 0 Å². The van der Waals surface area contributed by atoms with Gasteiger partial charge in [0.25, 0.3) is 0 Å². The van der Waals surface area contributed by atoms with Crippen LogP contribution in [0.3, 0.4) is 0 Å². The molecule has 1 saturated heterocycles. The summed E-state index contributed by atoms with van der Waals surface area (Å²) < 4.78 is 0. The Balaban J connectivity index is 1.87. The first kappa shape index (κ1) is 12.2. The van der Waals surface area contributed by atoms with Crippen LogP contribution in [0.5, 0.6) is 0 Å². The third-order valence-corrected chi connectivity index (χ3v) is 4.66. The molecule has 2 nitrogen and oxygen atoms in total. The molecule has 1 heterocycles. The Morgan fingerprint density at radius 3 is 2.78 bits per heavy atom. The molecule has 3 rings (SSSR count). The van der Waals surface area contributed by atoms with Crippen LogP contribution < -0.4 is 11.1 Å². The average Bonchev–Trinajstić information content (AvgIpc) is 3.23. The lowest BCUT2D eigenvalue weighted by Gasteiger charge is -2.30. The molecule has 1 aromatic rings. The summed E-state index contributed by atoms with van der Waals surface area (Å²) in [5.74, 6) is 2.25. The minimum Gasteiger partial charge on any atom is -0.326 e. The maximum Gasteiger partial charge on any atom is 0.0181 e. The van der Waals surface area contributed by atoms with Crippen LogP contribution in [-0.2, 0) is 6.54 Å². The standard InChI is InChI=1S/C16H24N2/c1-11-6-7-18-10-16(11)13-4-5-15(12-2-3-12)14(8-13)9-17/h4-5,8,11-12,16,18H,2-3,6-7,9-10,17H2,1H3. The van der Waals surface area contributed by atoms with E-state index >= 15 is 0 Å². The second-order valence-corrected chi connectivity index (χ2v) is 6.01. The van der Waals surface area contributed by atoms with Crippen LogP contribution in [0.2, 0.25) is 0 Å². The quantitative estimate of drug-likeness (QED) is 0.858. The topological polar surface area (TPSA) is 38.0 Å². The van der Waals surface area contributed by atoms with Crippen LogP contribution in [0.15, 0.2) is 18.2 Å². The number of hydrogen-bond donors (Lipinski definition) is 2. The summed E-state index contributed by atoms with van der Waals surface area (Å²) in [7, 11) is 0. The molecule has 1 aromatic carbocycles.